The Balaban J connectivity index is 2.75. The fraction of sp³-hybridized carbons (Fsp3) is 0.333. The van der Waals surface area contributed by atoms with E-state index in [1.165, 1.54) is 6.07 Å². The summed E-state index contributed by atoms with van der Waals surface area (Å²) in [6.45, 7) is 2.02. The maximum atomic E-state index is 13.1. The number of hydrogen-bond acceptors (Lipinski definition) is 3. The molecule has 14 heavy (non-hydrogen) atoms. The summed E-state index contributed by atoms with van der Waals surface area (Å²) in [7, 11) is 0. The molecule has 5 heteroatoms. The van der Waals surface area contributed by atoms with Gasteiger partial charge in [0.15, 0.2) is 0 Å². The van der Waals surface area contributed by atoms with Crippen molar-refractivity contribution >= 4 is 28.6 Å². The van der Waals surface area contributed by atoms with Crippen LogP contribution in [-0.2, 0) is 16.0 Å². The van der Waals surface area contributed by atoms with Crippen LogP contribution in [0.25, 0.3) is 0 Å². The van der Waals surface area contributed by atoms with Gasteiger partial charge in [0.25, 0.3) is 0 Å². The van der Waals surface area contributed by atoms with Gasteiger partial charge >= 0.3 is 5.97 Å². The molecule has 0 atom stereocenters. The number of nitrogens with zero attached hydrogens (tertiary/aromatic N) is 1. The van der Waals surface area contributed by atoms with Crippen LogP contribution in [0.15, 0.2) is 12.3 Å². The smallest absolute Gasteiger partial charge is 0.310 e. The SMILES string of the molecule is CCOC(=O)Cc1cc(I)ncc1F. The molecule has 1 heterocycles. The predicted octanol–water partition coefficient (Wildman–Crippen LogP) is 1.93. The van der Waals surface area contributed by atoms with E-state index >= 15 is 0 Å². The highest BCUT2D eigenvalue weighted by Gasteiger charge is 2.09. The molecule has 0 saturated heterocycles. The van der Waals surface area contributed by atoms with Crippen LogP contribution < -0.4 is 0 Å². The van der Waals surface area contributed by atoms with E-state index in [-0.39, 0.29) is 6.42 Å². The number of halogens is 2. The lowest BCUT2D eigenvalue weighted by molar-refractivity contribution is -0.142. The first-order valence-electron chi connectivity index (χ1n) is 4.09. The summed E-state index contributed by atoms with van der Waals surface area (Å²) in [6.07, 6.45) is 1.06. The Labute approximate surface area is 94.8 Å². The second-order valence-electron chi connectivity index (χ2n) is 2.58. The third kappa shape index (κ3) is 3.21. The van der Waals surface area contributed by atoms with Crippen LogP contribution in [0.3, 0.4) is 0 Å². The average molecular weight is 309 g/mol. The minimum Gasteiger partial charge on any atom is -0.466 e. The van der Waals surface area contributed by atoms with E-state index < -0.39 is 11.8 Å². The number of hydrogen-bond donors (Lipinski definition) is 0. The van der Waals surface area contributed by atoms with Crippen molar-refractivity contribution in [2.24, 2.45) is 0 Å². The summed E-state index contributed by atoms with van der Waals surface area (Å²) in [6, 6.07) is 1.53. The Morgan fingerprint density at radius 2 is 2.43 bits per heavy atom. The summed E-state index contributed by atoms with van der Waals surface area (Å²) in [4.78, 5) is 14.8. The van der Waals surface area contributed by atoms with Gasteiger partial charge in [-0.25, -0.2) is 9.37 Å². The number of carbonyl (C=O) groups is 1. The minimum atomic E-state index is -0.474. The van der Waals surface area contributed by atoms with E-state index in [1.54, 1.807) is 6.92 Å². The molecule has 0 bridgehead atoms. The van der Waals surface area contributed by atoms with Crippen molar-refractivity contribution in [3.05, 3.63) is 27.3 Å². The maximum Gasteiger partial charge on any atom is 0.310 e. The molecular weight excluding hydrogens is 300 g/mol. The van der Waals surface area contributed by atoms with Gasteiger partial charge in [-0.05, 0) is 35.6 Å². The van der Waals surface area contributed by atoms with E-state index in [1.807, 2.05) is 22.6 Å². The largest absolute Gasteiger partial charge is 0.466 e. The third-order valence-corrected chi connectivity index (χ3v) is 2.13. The molecule has 0 aliphatic heterocycles. The number of aromatic nitrogens is 1. The first-order chi connectivity index (χ1) is 6.63. The van der Waals surface area contributed by atoms with E-state index in [0.717, 1.165) is 6.20 Å². The number of rotatable bonds is 3. The standard InChI is InChI=1S/C9H9FINO2/c1-2-14-9(13)4-6-3-8(11)12-5-7(6)10/h3,5H,2,4H2,1H3. The zero-order valence-corrected chi connectivity index (χ0v) is 9.75. The van der Waals surface area contributed by atoms with Gasteiger partial charge in [-0.3, -0.25) is 4.79 Å². The fourth-order valence-electron chi connectivity index (χ4n) is 0.954. The molecule has 0 aromatic carbocycles. The third-order valence-electron chi connectivity index (χ3n) is 1.54. The first-order valence-corrected chi connectivity index (χ1v) is 5.17. The van der Waals surface area contributed by atoms with Crippen LogP contribution in [0.2, 0.25) is 0 Å². The summed E-state index contributed by atoms with van der Waals surface area (Å²) >= 11 is 1.96. The van der Waals surface area contributed by atoms with E-state index in [2.05, 4.69) is 4.98 Å². The minimum absolute atomic E-state index is 0.0435. The molecule has 1 aromatic rings. The average Bonchev–Trinajstić information content (AvgIpc) is 2.12. The Kier molecular flexibility index (Phi) is 4.24. The monoisotopic (exact) mass is 309 g/mol. The summed E-state index contributed by atoms with van der Waals surface area (Å²) in [5.41, 5.74) is 0.322. The van der Waals surface area contributed by atoms with Crippen molar-refractivity contribution in [3.8, 4) is 0 Å². The maximum absolute atomic E-state index is 13.1. The van der Waals surface area contributed by atoms with E-state index in [0.29, 0.717) is 15.9 Å². The summed E-state index contributed by atoms with van der Waals surface area (Å²) < 4.78 is 18.5. The number of carbonyl (C=O) groups excluding carboxylic acids is 1. The lowest BCUT2D eigenvalue weighted by atomic mass is 10.2. The van der Waals surface area contributed by atoms with Crippen LogP contribution in [0.1, 0.15) is 12.5 Å². The Morgan fingerprint density at radius 1 is 1.71 bits per heavy atom. The van der Waals surface area contributed by atoms with Crippen LogP contribution in [0, 0.1) is 9.52 Å². The number of ether oxygens (including phenoxy) is 1. The Bertz CT molecular complexity index is 344. The molecule has 0 spiro atoms. The van der Waals surface area contributed by atoms with Crippen molar-refractivity contribution in [2.45, 2.75) is 13.3 Å². The highest BCUT2D eigenvalue weighted by Crippen LogP contribution is 2.10. The molecular formula is C9H9FINO2. The molecule has 0 saturated carbocycles. The van der Waals surface area contributed by atoms with Crippen LogP contribution >= 0.6 is 22.6 Å². The molecule has 0 unspecified atom stereocenters. The van der Waals surface area contributed by atoms with Gasteiger partial charge in [-0.2, -0.15) is 0 Å². The lowest BCUT2D eigenvalue weighted by Crippen LogP contribution is -2.09. The fourth-order valence-corrected chi connectivity index (χ4v) is 1.47. The van der Waals surface area contributed by atoms with Crippen molar-refractivity contribution < 1.29 is 13.9 Å². The highest BCUT2D eigenvalue weighted by atomic mass is 127. The molecule has 0 fully saturated rings. The van der Waals surface area contributed by atoms with Crippen LogP contribution in [-0.4, -0.2) is 17.6 Å². The molecule has 0 aliphatic carbocycles. The second-order valence-corrected chi connectivity index (χ2v) is 3.69. The molecule has 1 rings (SSSR count). The summed E-state index contributed by atoms with van der Waals surface area (Å²) in [5.74, 6) is -0.896. The molecule has 1 aromatic heterocycles. The summed E-state index contributed by atoms with van der Waals surface area (Å²) in [5, 5.41) is 0. The highest BCUT2D eigenvalue weighted by molar-refractivity contribution is 14.1. The Hall–Kier alpha value is -0.720. The molecule has 76 valence electrons. The van der Waals surface area contributed by atoms with Gasteiger partial charge in [0.05, 0.1) is 19.2 Å². The van der Waals surface area contributed by atoms with Gasteiger partial charge in [0.2, 0.25) is 0 Å². The van der Waals surface area contributed by atoms with Crippen molar-refractivity contribution in [2.75, 3.05) is 6.61 Å². The number of pyridine rings is 1. The Morgan fingerprint density at radius 3 is 3.07 bits per heavy atom. The van der Waals surface area contributed by atoms with Crippen molar-refractivity contribution in [3.63, 3.8) is 0 Å². The van der Waals surface area contributed by atoms with E-state index in [9.17, 15) is 9.18 Å². The molecule has 0 aliphatic rings. The van der Waals surface area contributed by atoms with Crippen LogP contribution in [0.4, 0.5) is 4.39 Å². The normalized spacial score (nSPS) is 9.93. The molecule has 0 amide bonds. The zero-order valence-electron chi connectivity index (χ0n) is 7.59. The first kappa shape index (κ1) is 11.4. The van der Waals surface area contributed by atoms with E-state index in [4.69, 9.17) is 4.74 Å². The molecule has 0 N–H and O–H groups in total. The topological polar surface area (TPSA) is 39.2 Å². The van der Waals surface area contributed by atoms with Gasteiger partial charge < -0.3 is 4.74 Å². The van der Waals surface area contributed by atoms with Crippen molar-refractivity contribution in [1.82, 2.24) is 4.98 Å². The van der Waals surface area contributed by atoms with Crippen LogP contribution in [0.5, 0.6) is 0 Å². The van der Waals surface area contributed by atoms with Gasteiger partial charge in [-0.15, -0.1) is 0 Å². The molecule has 3 nitrogen and oxygen atoms in total. The van der Waals surface area contributed by atoms with Gasteiger partial charge in [-0.1, -0.05) is 0 Å². The second kappa shape index (κ2) is 5.23. The zero-order chi connectivity index (χ0) is 10.6. The quantitative estimate of drug-likeness (QED) is 0.486. The van der Waals surface area contributed by atoms with Crippen molar-refractivity contribution in [1.29, 1.82) is 0 Å². The molecule has 0 radical (unpaired) electrons. The van der Waals surface area contributed by atoms with Gasteiger partial charge in [0.1, 0.15) is 9.52 Å². The van der Waals surface area contributed by atoms with Gasteiger partial charge in [0, 0.05) is 5.56 Å². The predicted molar refractivity (Wildman–Crippen MR) is 57.2 cm³/mol. The lowest BCUT2D eigenvalue weighted by Gasteiger charge is -2.03. The number of esters is 1.